The average molecular weight is 467 g/mol. The molecule has 186 valence electrons. The second-order valence-electron chi connectivity index (χ2n) is 9.06. The molecule has 1 fully saturated rings. The molecule has 0 radical (unpaired) electrons. The normalized spacial score (nSPS) is 21.8. The van der Waals surface area contributed by atoms with Gasteiger partial charge in [-0.3, -0.25) is 9.89 Å². The van der Waals surface area contributed by atoms with Gasteiger partial charge in [-0.2, -0.15) is 18.3 Å². The molecule has 1 aromatic rings. The van der Waals surface area contributed by atoms with Crippen molar-refractivity contribution >= 4 is 5.78 Å². The van der Waals surface area contributed by atoms with Crippen LogP contribution in [0.3, 0.4) is 0 Å². The van der Waals surface area contributed by atoms with Crippen molar-refractivity contribution in [2.75, 3.05) is 0 Å². The summed E-state index contributed by atoms with van der Waals surface area (Å²) in [5, 5.41) is 5.67. The molecule has 0 aliphatic heterocycles. The average Bonchev–Trinajstić information content (AvgIpc) is 3.20. The van der Waals surface area contributed by atoms with Crippen LogP contribution in [0.5, 0.6) is 0 Å². The van der Waals surface area contributed by atoms with Crippen molar-refractivity contribution < 1.29 is 18.0 Å². The first-order valence-electron chi connectivity index (χ1n) is 12.2. The molecule has 3 unspecified atom stereocenters. The van der Waals surface area contributed by atoms with Crippen LogP contribution in [0.4, 0.5) is 13.2 Å². The molecule has 0 amide bonds. The molecule has 1 aliphatic rings. The molecule has 1 aliphatic carbocycles. The Kier molecular flexibility index (Phi) is 11.9. The summed E-state index contributed by atoms with van der Waals surface area (Å²) < 4.78 is 37.3. The molecule has 0 spiro atoms. The number of rotatable bonds is 11. The topological polar surface area (TPSA) is 45.8 Å². The molecule has 2 rings (SSSR count). The first-order valence-corrected chi connectivity index (χ1v) is 12.2. The molecule has 1 N–H and O–H groups in total. The Labute approximate surface area is 197 Å². The van der Waals surface area contributed by atoms with Crippen LogP contribution in [0.15, 0.2) is 42.0 Å². The van der Waals surface area contributed by atoms with E-state index in [9.17, 15) is 18.0 Å². The van der Waals surface area contributed by atoms with E-state index < -0.39 is 11.9 Å². The number of carbonyl (C=O) groups excluding carboxylic acids is 1. The molecule has 0 saturated heterocycles. The fourth-order valence-electron chi connectivity index (χ4n) is 3.94. The van der Waals surface area contributed by atoms with Crippen LogP contribution in [0, 0.1) is 11.3 Å². The van der Waals surface area contributed by atoms with Crippen LogP contribution in [-0.4, -0.2) is 16.0 Å². The molecule has 3 atom stereocenters. The van der Waals surface area contributed by atoms with Crippen LogP contribution in [0.25, 0.3) is 0 Å². The number of hydrogen-bond acceptors (Lipinski definition) is 2. The van der Waals surface area contributed by atoms with Gasteiger partial charge in [-0.15, -0.1) is 0 Å². The lowest BCUT2D eigenvalue weighted by Crippen LogP contribution is -2.07. The number of carbonyl (C=O) groups is 1. The minimum Gasteiger partial charge on any atom is -0.300 e. The third-order valence-corrected chi connectivity index (χ3v) is 6.41. The summed E-state index contributed by atoms with van der Waals surface area (Å²) in [5.74, 6) is 0.642. The predicted octanol–water partition coefficient (Wildman–Crippen LogP) is 8.57. The van der Waals surface area contributed by atoms with Crippen LogP contribution >= 0.6 is 0 Å². The third-order valence-electron chi connectivity index (χ3n) is 6.41. The van der Waals surface area contributed by atoms with Crippen molar-refractivity contribution in [3.05, 3.63) is 53.4 Å². The van der Waals surface area contributed by atoms with Gasteiger partial charge in [-0.1, -0.05) is 77.8 Å². The zero-order chi connectivity index (χ0) is 25.1. The summed E-state index contributed by atoms with van der Waals surface area (Å²) >= 11 is 0. The van der Waals surface area contributed by atoms with E-state index in [2.05, 4.69) is 68.3 Å². The SMILES string of the molecule is CCCC(CC(=O)CC)c1cc(C(F)(F)F)n[nH]1.C\C=C/C(=C\C=C\CC)C1CC1(C)CC. The minimum atomic E-state index is -4.44. The van der Waals surface area contributed by atoms with E-state index in [1.807, 2.05) is 6.92 Å². The highest BCUT2D eigenvalue weighted by atomic mass is 19.4. The van der Waals surface area contributed by atoms with Gasteiger partial charge in [0.2, 0.25) is 0 Å². The Hall–Kier alpha value is -2.11. The quantitative estimate of drug-likeness (QED) is 0.332. The van der Waals surface area contributed by atoms with Gasteiger partial charge in [0, 0.05) is 24.5 Å². The Bertz CT molecular complexity index is 820. The predicted molar refractivity (Wildman–Crippen MR) is 130 cm³/mol. The zero-order valence-corrected chi connectivity index (χ0v) is 21.1. The maximum absolute atomic E-state index is 12.4. The summed E-state index contributed by atoms with van der Waals surface area (Å²) in [6.07, 6.45) is 12.6. The molecule has 33 heavy (non-hydrogen) atoms. The Morgan fingerprint density at radius 1 is 1.30 bits per heavy atom. The van der Waals surface area contributed by atoms with E-state index in [1.54, 1.807) is 6.92 Å². The minimum absolute atomic E-state index is 0.0524. The number of aromatic nitrogens is 2. The second kappa shape index (κ2) is 13.6. The standard InChI is InChI=1S/C15H24.C12H17F3N2O/c1-5-8-9-11-13(10-6-2)14-12-15(14,4)7-3;1-3-5-8(6-9(18)4-2)10-7-11(17-16-10)12(13,14)15/h6,8-11,14H,5,7,12H2,1-4H3;7-8H,3-6H2,1-2H3,(H,16,17)/b9-8+,10-6-,13-11+;. The van der Waals surface area contributed by atoms with E-state index >= 15 is 0 Å². The van der Waals surface area contributed by atoms with Gasteiger partial charge in [0.15, 0.2) is 5.69 Å². The molecular formula is C27H41F3N2O. The first kappa shape index (κ1) is 28.9. The molecule has 0 aromatic carbocycles. The number of ketones is 1. The van der Waals surface area contributed by atoms with Gasteiger partial charge >= 0.3 is 6.18 Å². The molecule has 1 heterocycles. The molecule has 6 heteroatoms. The Morgan fingerprint density at radius 3 is 2.45 bits per heavy atom. The Balaban J connectivity index is 0.000000335. The number of halogens is 3. The number of H-pyrrole nitrogens is 1. The highest BCUT2D eigenvalue weighted by molar-refractivity contribution is 5.78. The van der Waals surface area contributed by atoms with Crippen LogP contribution in [-0.2, 0) is 11.0 Å². The van der Waals surface area contributed by atoms with Gasteiger partial charge < -0.3 is 0 Å². The lowest BCUT2D eigenvalue weighted by atomic mass is 9.93. The van der Waals surface area contributed by atoms with E-state index in [4.69, 9.17) is 0 Å². The second-order valence-corrected chi connectivity index (χ2v) is 9.06. The van der Waals surface area contributed by atoms with Gasteiger partial charge in [-0.05, 0) is 49.2 Å². The van der Waals surface area contributed by atoms with E-state index in [1.165, 1.54) is 18.4 Å². The van der Waals surface area contributed by atoms with Crippen molar-refractivity contribution in [2.45, 2.75) is 98.6 Å². The van der Waals surface area contributed by atoms with Crippen molar-refractivity contribution in [3.63, 3.8) is 0 Å². The fraction of sp³-hybridized carbons (Fsp3) is 0.630. The number of aromatic amines is 1. The van der Waals surface area contributed by atoms with Crippen LogP contribution < -0.4 is 0 Å². The fourth-order valence-corrected chi connectivity index (χ4v) is 3.94. The monoisotopic (exact) mass is 466 g/mol. The summed E-state index contributed by atoms with van der Waals surface area (Å²) in [4.78, 5) is 11.4. The highest BCUT2D eigenvalue weighted by Gasteiger charge is 2.49. The van der Waals surface area contributed by atoms with Crippen molar-refractivity contribution in [3.8, 4) is 0 Å². The summed E-state index contributed by atoms with van der Waals surface area (Å²) in [7, 11) is 0. The van der Waals surface area contributed by atoms with Crippen molar-refractivity contribution in [2.24, 2.45) is 11.3 Å². The number of allylic oxidation sites excluding steroid dienone is 6. The maximum atomic E-state index is 12.4. The summed E-state index contributed by atoms with van der Waals surface area (Å²) in [5.41, 5.74) is 1.55. The highest BCUT2D eigenvalue weighted by Crippen LogP contribution is 2.58. The molecule has 3 nitrogen and oxygen atoms in total. The molecular weight excluding hydrogens is 425 g/mol. The lowest BCUT2D eigenvalue weighted by Gasteiger charge is -2.12. The molecule has 0 bridgehead atoms. The van der Waals surface area contributed by atoms with Crippen molar-refractivity contribution in [1.29, 1.82) is 0 Å². The summed E-state index contributed by atoms with van der Waals surface area (Å²) in [6.45, 7) is 12.7. The van der Waals surface area contributed by atoms with Gasteiger partial charge in [0.1, 0.15) is 5.78 Å². The molecule has 1 saturated carbocycles. The van der Waals surface area contributed by atoms with Gasteiger partial charge in [-0.25, -0.2) is 0 Å². The van der Waals surface area contributed by atoms with Gasteiger partial charge in [0.25, 0.3) is 0 Å². The zero-order valence-electron chi connectivity index (χ0n) is 21.1. The molecule has 1 aromatic heterocycles. The number of hydrogen-bond donors (Lipinski definition) is 1. The van der Waals surface area contributed by atoms with Crippen LogP contribution in [0.1, 0.15) is 104 Å². The Morgan fingerprint density at radius 2 is 2.00 bits per heavy atom. The smallest absolute Gasteiger partial charge is 0.300 e. The number of nitrogens with one attached hydrogen (secondary N) is 1. The van der Waals surface area contributed by atoms with E-state index in [-0.39, 0.29) is 18.1 Å². The number of alkyl halides is 3. The lowest BCUT2D eigenvalue weighted by molar-refractivity contribution is -0.141. The summed E-state index contributed by atoms with van der Waals surface area (Å²) in [6, 6.07) is 1.00. The van der Waals surface area contributed by atoms with E-state index in [0.29, 0.717) is 24.0 Å². The van der Waals surface area contributed by atoms with Gasteiger partial charge in [0.05, 0.1) is 0 Å². The number of nitrogens with zero attached hydrogens (tertiary/aromatic N) is 1. The maximum Gasteiger partial charge on any atom is 0.435 e. The number of Topliss-reactive ketones (excluding diaryl/α,β-unsaturated/α-hetero) is 1. The third kappa shape index (κ3) is 9.34. The first-order chi connectivity index (χ1) is 15.6. The van der Waals surface area contributed by atoms with E-state index in [0.717, 1.165) is 24.8 Å². The van der Waals surface area contributed by atoms with Crippen LogP contribution in [0.2, 0.25) is 0 Å². The largest absolute Gasteiger partial charge is 0.435 e. The van der Waals surface area contributed by atoms with Crippen molar-refractivity contribution in [1.82, 2.24) is 10.2 Å².